The van der Waals surface area contributed by atoms with Gasteiger partial charge in [-0.3, -0.25) is 4.57 Å². The van der Waals surface area contributed by atoms with E-state index in [9.17, 15) is 14.8 Å². The number of benzene rings is 3. The maximum Gasteiger partial charge on any atom is 0.511 e. The van der Waals surface area contributed by atoms with Crippen LogP contribution < -0.4 is 4.74 Å². The number of tetrazole rings is 1. The fraction of sp³-hybridized carbons (Fsp3) is 0.421. The van der Waals surface area contributed by atoms with Crippen LogP contribution in [0.1, 0.15) is 76.7 Å². The minimum atomic E-state index is -1.24. The molecule has 0 spiro atoms. The van der Waals surface area contributed by atoms with Crippen molar-refractivity contribution in [3.63, 3.8) is 0 Å². The number of nitrogens with zero attached hydrogens (tertiary/aromatic N) is 8. The van der Waals surface area contributed by atoms with Crippen LogP contribution >= 0.6 is 0 Å². The maximum atomic E-state index is 13.5. The van der Waals surface area contributed by atoms with Crippen LogP contribution in [-0.4, -0.2) is 95.7 Å². The average Bonchev–Trinajstić information content (AvgIpc) is 3.81. The van der Waals surface area contributed by atoms with E-state index in [0.717, 1.165) is 22.3 Å². The van der Waals surface area contributed by atoms with Gasteiger partial charge in [0.2, 0.25) is 6.29 Å². The summed E-state index contributed by atoms with van der Waals surface area (Å²) in [6, 6.07) is 21.3. The summed E-state index contributed by atoms with van der Waals surface area (Å²) in [4.78, 5) is 36.5. The zero-order chi connectivity index (χ0) is 39.5. The standard InChI is InChI=1S/C38H48N9O8/c1-8-51-36-39-32-18-13-17-31(33(32)46(36)24-27-19-21-28(22-20-27)29-15-9-10-16-30(29)34-40-42-43-41-34)35(48)54-26(3)55-37(49)53-25(2)14-11-12-23-52-44-47(50)45(7)38(4,5)6/h9-10,13,15-22,25-26H,8,11-12,14,23-24H2,1-7H3,(H,44,50)(H,40,41,42,43)/q+1/t25-,26?/m1/s1. The Balaban J connectivity index is 1.18. The van der Waals surface area contributed by atoms with Gasteiger partial charge >= 0.3 is 12.1 Å². The first-order valence-electron chi connectivity index (χ1n) is 18.0. The SMILES string of the molecule is CCOc1nc2cccc(C(=O)OC(C)OC(=O)O[C@H](C)CCCCO/N=[N+](\O)N(C)C(C)(C)C)c2n1Cc1ccc(-c2ccccc2-c2nnn[nH]2)cc1. The predicted molar refractivity (Wildman–Crippen MR) is 199 cm³/mol. The zero-order valence-electron chi connectivity index (χ0n) is 32.1. The molecule has 0 aliphatic heterocycles. The van der Waals surface area contributed by atoms with Crippen LogP contribution in [0.5, 0.6) is 6.01 Å². The number of esters is 1. The van der Waals surface area contributed by atoms with Gasteiger partial charge in [0, 0.05) is 12.5 Å². The Labute approximate surface area is 318 Å². The largest absolute Gasteiger partial charge is 0.511 e. The number of para-hydroxylation sites is 1. The minimum Gasteiger partial charge on any atom is -0.465 e. The molecule has 2 aromatic heterocycles. The third-order valence-corrected chi connectivity index (χ3v) is 8.66. The van der Waals surface area contributed by atoms with E-state index in [0.29, 0.717) is 60.3 Å². The monoisotopic (exact) mass is 758 g/mol. The van der Waals surface area contributed by atoms with E-state index in [2.05, 4.69) is 30.9 Å². The molecule has 292 valence electrons. The molecule has 0 amide bonds. The molecule has 55 heavy (non-hydrogen) atoms. The molecule has 3 aromatic carbocycles. The Morgan fingerprint density at radius 3 is 2.42 bits per heavy atom. The predicted octanol–water partition coefficient (Wildman–Crippen LogP) is 6.98. The van der Waals surface area contributed by atoms with Gasteiger partial charge in [0.05, 0.1) is 42.3 Å². The lowest BCUT2D eigenvalue weighted by Crippen LogP contribution is -2.43. The number of aromatic nitrogens is 6. The van der Waals surface area contributed by atoms with Crippen LogP contribution in [0.3, 0.4) is 0 Å². The van der Waals surface area contributed by atoms with Gasteiger partial charge in [0.25, 0.3) is 16.3 Å². The van der Waals surface area contributed by atoms with Gasteiger partial charge < -0.3 is 23.8 Å². The number of hydrogen-bond acceptors (Lipinski definition) is 12. The number of H-pyrrole nitrogens is 1. The molecule has 2 heterocycles. The number of aromatic amines is 1. The maximum absolute atomic E-state index is 13.5. The molecular weight excluding hydrogens is 710 g/mol. The van der Waals surface area contributed by atoms with Gasteiger partial charge in [0.15, 0.2) is 5.82 Å². The molecular formula is C38H48N9O8+. The topological polar surface area (TPSA) is 191 Å². The first kappa shape index (κ1) is 39.9. The Bertz CT molecular complexity index is 2060. The highest BCUT2D eigenvalue weighted by molar-refractivity contribution is 6.02. The number of imidazole rings is 1. The number of carbonyl (C=O) groups is 2. The molecule has 0 radical (unpaired) electrons. The fourth-order valence-corrected chi connectivity index (χ4v) is 5.54. The molecule has 0 saturated carbocycles. The van der Waals surface area contributed by atoms with Gasteiger partial charge in [-0.1, -0.05) is 54.6 Å². The minimum absolute atomic E-state index is 0.225. The Morgan fingerprint density at radius 1 is 0.982 bits per heavy atom. The summed E-state index contributed by atoms with van der Waals surface area (Å²) in [5.41, 5.74) is 4.67. The van der Waals surface area contributed by atoms with E-state index < -0.39 is 24.5 Å². The third kappa shape index (κ3) is 10.5. The number of hydrogen-bond donors (Lipinski definition) is 2. The molecule has 0 aliphatic carbocycles. The number of nitrogens with one attached hydrogen (secondary N) is 1. The fourth-order valence-electron chi connectivity index (χ4n) is 5.54. The number of unbranched alkanes of at least 4 members (excludes halogenated alkanes) is 1. The highest BCUT2D eigenvalue weighted by Gasteiger charge is 2.28. The molecule has 0 fully saturated rings. The number of ether oxygens (including phenoxy) is 4. The van der Waals surface area contributed by atoms with Crippen LogP contribution in [0.25, 0.3) is 33.5 Å². The van der Waals surface area contributed by atoms with E-state index in [4.69, 9.17) is 23.8 Å². The van der Waals surface area contributed by atoms with Crippen molar-refractivity contribution in [1.29, 1.82) is 0 Å². The summed E-state index contributed by atoms with van der Waals surface area (Å²) in [5, 5.41) is 29.4. The molecule has 2 atom stereocenters. The summed E-state index contributed by atoms with van der Waals surface area (Å²) in [6.45, 7) is 11.8. The second kappa shape index (κ2) is 18.2. The van der Waals surface area contributed by atoms with E-state index in [1.165, 1.54) is 11.9 Å². The zero-order valence-corrected chi connectivity index (χ0v) is 32.1. The van der Waals surface area contributed by atoms with E-state index in [1.807, 2.05) is 80.8 Å². The number of carbonyl (C=O) groups excluding carboxylic acids is 2. The Hall–Kier alpha value is -6.26. The van der Waals surface area contributed by atoms with Crippen LogP contribution in [0.15, 0.2) is 72.0 Å². The van der Waals surface area contributed by atoms with Crippen molar-refractivity contribution >= 4 is 23.2 Å². The second-order valence-electron chi connectivity index (χ2n) is 13.7. The van der Waals surface area contributed by atoms with Gasteiger partial charge in [-0.15, -0.1) is 10.1 Å². The van der Waals surface area contributed by atoms with E-state index in [-0.39, 0.29) is 17.7 Å². The lowest BCUT2D eigenvalue weighted by molar-refractivity contribution is -0.946. The summed E-state index contributed by atoms with van der Waals surface area (Å²) in [5.74, 6) is -0.142. The van der Waals surface area contributed by atoms with E-state index in [1.54, 1.807) is 32.2 Å². The first-order chi connectivity index (χ1) is 26.3. The quantitative estimate of drug-likeness (QED) is 0.0247. The lowest BCUT2D eigenvalue weighted by Gasteiger charge is -2.21. The van der Waals surface area contributed by atoms with Gasteiger partial charge in [0.1, 0.15) is 12.7 Å². The molecule has 5 aromatic rings. The van der Waals surface area contributed by atoms with Gasteiger partial charge in [-0.25, -0.2) is 19.9 Å². The van der Waals surface area contributed by atoms with Crippen LogP contribution in [0.2, 0.25) is 0 Å². The molecule has 0 aliphatic rings. The van der Waals surface area contributed by atoms with Crippen molar-refractivity contribution in [3.8, 4) is 28.5 Å². The molecule has 5 rings (SSSR count). The lowest BCUT2D eigenvalue weighted by atomic mass is 9.98. The normalized spacial score (nSPS) is 12.9. The van der Waals surface area contributed by atoms with Gasteiger partial charge in [-0.2, -0.15) is 4.98 Å². The first-order valence-corrected chi connectivity index (χ1v) is 18.0. The van der Waals surface area contributed by atoms with Crippen LogP contribution in [-0.2, 0) is 25.6 Å². The Kier molecular flexibility index (Phi) is 13.2. The molecule has 0 bridgehead atoms. The average molecular weight is 759 g/mol. The highest BCUT2D eigenvalue weighted by Crippen LogP contribution is 2.31. The van der Waals surface area contributed by atoms with Crippen molar-refractivity contribution in [1.82, 2.24) is 35.2 Å². The summed E-state index contributed by atoms with van der Waals surface area (Å²) < 4.78 is 23.9. The molecule has 1 unspecified atom stereocenters. The summed E-state index contributed by atoms with van der Waals surface area (Å²) in [7, 11) is 1.69. The van der Waals surface area contributed by atoms with Crippen LogP contribution in [0, 0.1) is 0 Å². The van der Waals surface area contributed by atoms with Crippen molar-refractivity contribution in [2.24, 2.45) is 5.28 Å². The second-order valence-corrected chi connectivity index (χ2v) is 13.7. The van der Waals surface area contributed by atoms with Crippen molar-refractivity contribution < 1.29 is 43.6 Å². The van der Waals surface area contributed by atoms with Crippen molar-refractivity contribution in [3.05, 3.63) is 77.9 Å². The van der Waals surface area contributed by atoms with Crippen LogP contribution in [0.4, 0.5) is 4.79 Å². The van der Waals surface area contributed by atoms with E-state index >= 15 is 0 Å². The smallest absolute Gasteiger partial charge is 0.465 e. The Morgan fingerprint density at radius 2 is 1.73 bits per heavy atom. The summed E-state index contributed by atoms with van der Waals surface area (Å²) in [6.07, 6.45) is -0.869. The molecule has 2 N–H and O–H groups in total. The molecule has 0 saturated heterocycles. The number of rotatable bonds is 17. The number of hydrazine groups is 1. The van der Waals surface area contributed by atoms with Gasteiger partial charge in [-0.05, 0) is 93.1 Å². The molecule has 17 heteroatoms. The summed E-state index contributed by atoms with van der Waals surface area (Å²) >= 11 is 0. The highest BCUT2D eigenvalue weighted by atomic mass is 16.8. The van der Waals surface area contributed by atoms with Crippen molar-refractivity contribution in [2.45, 2.75) is 85.3 Å². The number of fused-ring (bicyclic) bond motifs is 1. The van der Waals surface area contributed by atoms with Crippen molar-refractivity contribution in [2.75, 3.05) is 20.3 Å². The molecule has 17 nitrogen and oxygen atoms in total. The third-order valence-electron chi connectivity index (χ3n) is 8.66.